The first-order chi connectivity index (χ1) is 14.5. The summed E-state index contributed by atoms with van der Waals surface area (Å²) in [6.07, 6.45) is -0.254. The molecule has 0 fully saturated rings. The van der Waals surface area contributed by atoms with Gasteiger partial charge in [-0.05, 0) is 11.6 Å². The number of methoxy groups -OCH3 is 2. The number of benzene rings is 1. The third-order valence-electron chi connectivity index (χ3n) is 4.60. The first-order valence-corrected chi connectivity index (χ1v) is 9.22. The van der Waals surface area contributed by atoms with E-state index in [4.69, 9.17) is 0 Å². The third-order valence-corrected chi connectivity index (χ3v) is 4.60. The number of carbonyl (C=O) groups is 5. The van der Waals surface area contributed by atoms with E-state index in [1.165, 1.54) is 25.1 Å². The van der Waals surface area contributed by atoms with Gasteiger partial charge in [-0.25, -0.2) is 9.18 Å². The number of aliphatic carboxylic acids is 1. The number of hydrogen-bond donors (Lipinski definition) is 3. The summed E-state index contributed by atoms with van der Waals surface area (Å²) >= 11 is 0. The van der Waals surface area contributed by atoms with Crippen molar-refractivity contribution in [2.75, 3.05) is 14.2 Å². The highest BCUT2D eigenvalue weighted by Gasteiger charge is 2.42. The van der Waals surface area contributed by atoms with Crippen LogP contribution in [0.4, 0.5) is 4.39 Å². The van der Waals surface area contributed by atoms with Crippen molar-refractivity contribution in [1.82, 2.24) is 10.6 Å². The van der Waals surface area contributed by atoms with Crippen LogP contribution in [0, 0.1) is 17.7 Å². The molecule has 3 N–H and O–H groups in total. The van der Waals surface area contributed by atoms with Crippen LogP contribution in [0.1, 0.15) is 19.4 Å². The summed E-state index contributed by atoms with van der Waals surface area (Å²) in [4.78, 5) is 60.1. The highest BCUT2D eigenvalue weighted by molar-refractivity contribution is 5.97. The van der Waals surface area contributed by atoms with Crippen molar-refractivity contribution in [3.8, 4) is 0 Å². The number of nitrogens with one attached hydrogen (secondary N) is 2. The molecule has 0 aliphatic heterocycles. The lowest BCUT2D eigenvalue weighted by molar-refractivity contribution is -0.163. The predicted octanol–water partition coefficient (Wildman–Crippen LogP) is 0.0406. The van der Waals surface area contributed by atoms with Gasteiger partial charge in [0.1, 0.15) is 17.9 Å². The summed E-state index contributed by atoms with van der Waals surface area (Å²) in [6, 6.07) is 2.57. The Morgan fingerprint density at radius 3 is 2.03 bits per heavy atom. The Morgan fingerprint density at radius 1 is 1.03 bits per heavy atom. The summed E-state index contributed by atoms with van der Waals surface area (Å²) in [5, 5.41) is 14.1. The number of ether oxygens (including phenoxy) is 2. The zero-order chi connectivity index (χ0) is 23.7. The van der Waals surface area contributed by atoms with Crippen molar-refractivity contribution in [1.29, 1.82) is 0 Å². The molecule has 0 radical (unpaired) electrons. The number of carbonyl (C=O) groups excluding carboxylic acids is 4. The van der Waals surface area contributed by atoms with Crippen molar-refractivity contribution >= 4 is 29.7 Å². The molecule has 3 atom stereocenters. The molecule has 0 spiro atoms. The summed E-state index contributed by atoms with van der Waals surface area (Å²) in [6.45, 7) is 2.39. The van der Waals surface area contributed by atoms with E-state index in [2.05, 4.69) is 20.1 Å². The van der Waals surface area contributed by atoms with E-state index >= 15 is 0 Å². The van der Waals surface area contributed by atoms with Gasteiger partial charge in [0.05, 0.1) is 14.2 Å². The smallest absolute Gasteiger partial charge is 0.326 e. The van der Waals surface area contributed by atoms with Gasteiger partial charge in [-0.1, -0.05) is 25.1 Å². The molecule has 0 saturated carbocycles. The van der Waals surface area contributed by atoms with Crippen LogP contribution in [0.5, 0.6) is 0 Å². The molecule has 170 valence electrons. The molecule has 0 saturated heterocycles. The van der Waals surface area contributed by atoms with E-state index in [0.717, 1.165) is 21.1 Å². The molecule has 0 heterocycles. The number of hydrogen-bond acceptors (Lipinski definition) is 7. The fourth-order valence-corrected chi connectivity index (χ4v) is 2.98. The molecule has 0 bridgehead atoms. The molecule has 0 aliphatic carbocycles. The average molecular weight is 440 g/mol. The van der Waals surface area contributed by atoms with Crippen molar-refractivity contribution in [3.63, 3.8) is 0 Å². The van der Waals surface area contributed by atoms with Gasteiger partial charge < -0.3 is 25.2 Å². The fourth-order valence-electron chi connectivity index (χ4n) is 2.98. The maximum absolute atomic E-state index is 14.0. The summed E-state index contributed by atoms with van der Waals surface area (Å²) in [7, 11) is 2.03. The average Bonchev–Trinajstić information content (AvgIpc) is 2.71. The summed E-state index contributed by atoms with van der Waals surface area (Å²) < 4.78 is 23.1. The number of esters is 2. The molecule has 11 heteroatoms. The van der Waals surface area contributed by atoms with Crippen molar-refractivity contribution in [2.24, 2.45) is 11.8 Å². The van der Waals surface area contributed by atoms with Crippen LogP contribution in [-0.2, 0) is 39.9 Å². The van der Waals surface area contributed by atoms with Crippen LogP contribution in [-0.4, -0.2) is 61.1 Å². The zero-order valence-corrected chi connectivity index (χ0v) is 17.5. The Balaban J connectivity index is 3.16. The standard InChI is InChI=1S/C20H25FN2O8/c1-10(15(19(28)30-3)20(29)31-4)16(18(26)27)23-17(25)14(22-11(2)24)9-12-7-5-6-8-13(12)21/h5-8,10,14-16H,9H2,1-4H3,(H,22,24)(H,23,25)(H,26,27)/t10-,14-,16+/m0/s1. The fraction of sp³-hybridized carbons (Fsp3) is 0.450. The maximum Gasteiger partial charge on any atom is 0.326 e. The Bertz CT molecular complexity index is 828. The molecular formula is C20H25FN2O8. The van der Waals surface area contributed by atoms with Crippen LogP contribution < -0.4 is 10.6 Å². The van der Waals surface area contributed by atoms with Crippen LogP contribution >= 0.6 is 0 Å². The Hall–Kier alpha value is -3.50. The monoisotopic (exact) mass is 440 g/mol. The Labute approximate surface area is 178 Å². The second kappa shape index (κ2) is 11.6. The van der Waals surface area contributed by atoms with Gasteiger partial charge in [0.15, 0.2) is 5.92 Å². The van der Waals surface area contributed by atoms with Crippen molar-refractivity contribution < 1.29 is 42.9 Å². The topological polar surface area (TPSA) is 148 Å². The van der Waals surface area contributed by atoms with Gasteiger partial charge in [0, 0.05) is 19.3 Å². The molecule has 31 heavy (non-hydrogen) atoms. The number of rotatable bonds is 10. The van der Waals surface area contributed by atoms with E-state index in [0.29, 0.717) is 0 Å². The molecule has 1 rings (SSSR count). The molecule has 0 aromatic heterocycles. The largest absolute Gasteiger partial charge is 0.480 e. The molecule has 10 nitrogen and oxygen atoms in total. The number of amides is 2. The zero-order valence-electron chi connectivity index (χ0n) is 17.5. The van der Waals surface area contributed by atoms with Crippen LogP contribution in [0.3, 0.4) is 0 Å². The minimum Gasteiger partial charge on any atom is -0.480 e. The van der Waals surface area contributed by atoms with Gasteiger partial charge in [-0.15, -0.1) is 0 Å². The van der Waals surface area contributed by atoms with Crippen LogP contribution in [0.15, 0.2) is 24.3 Å². The van der Waals surface area contributed by atoms with Crippen LogP contribution in [0.2, 0.25) is 0 Å². The highest BCUT2D eigenvalue weighted by Crippen LogP contribution is 2.20. The van der Waals surface area contributed by atoms with Gasteiger partial charge >= 0.3 is 17.9 Å². The predicted molar refractivity (Wildman–Crippen MR) is 104 cm³/mol. The van der Waals surface area contributed by atoms with E-state index in [-0.39, 0.29) is 12.0 Å². The Kier molecular flexibility index (Phi) is 9.58. The van der Waals surface area contributed by atoms with Gasteiger partial charge in [-0.3, -0.25) is 19.2 Å². The van der Waals surface area contributed by atoms with Crippen molar-refractivity contribution in [3.05, 3.63) is 35.6 Å². The lowest BCUT2D eigenvalue weighted by atomic mass is 9.87. The van der Waals surface area contributed by atoms with E-state index in [1.807, 2.05) is 0 Å². The molecule has 1 aromatic rings. The number of carboxylic acids is 1. The van der Waals surface area contributed by atoms with Crippen LogP contribution in [0.25, 0.3) is 0 Å². The first-order valence-electron chi connectivity index (χ1n) is 9.22. The quantitative estimate of drug-likeness (QED) is 0.341. The normalized spacial score (nSPS) is 13.5. The number of halogens is 1. The molecule has 1 aromatic carbocycles. The number of carboxylic acid groups (broad SMARTS) is 1. The highest BCUT2D eigenvalue weighted by atomic mass is 19.1. The van der Waals surface area contributed by atoms with E-state index in [1.54, 1.807) is 6.07 Å². The SMILES string of the molecule is COC(=O)C(C(=O)OC)[C@H](C)[C@@H](NC(=O)[C@H](Cc1ccccc1F)NC(C)=O)C(=O)O. The molecular weight excluding hydrogens is 415 g/mol. The van der Waals surface area contributed by atoms with Gasteiger partial charge in [-0.2, -0.15) is 0 Å². The van der Waals surface area contributed by atoms with Gasteiger partial charge in [0.2, 0.25) is 11.8 Å². The molecule has 0 unspecified atom stereocenters. The van der Waals surface area contributed by atoms with Gasteiger partial charge in [0.25, 0.3) is 0 Å². The molecule has 0 aliphatic rings. The Morgan fingerprint density at radius 2 is 1.58 bits per heavy atom. The summed E-state index contributed by atoms with van der Waals surface area (Å²) in [5.41, 5.74) is 0.123. The second-order valence-electron chi connectivity index (χ2n) is 6.76. The first kappa shape index (κ1) is 25.5. The minimum absolute atomic E-state index is 0.123. The van der Waals surface area contributed by atoms with E-state index in [9.17, 15) is 33.5 Å². The van der Waals surface area contributed by atoms with Crippen molar-refractivity contribution in [2.45, 2.75) is 32.4 Å². The lowest BCUT2D eigenvalue weighted by Crippen LogP contribution is -2.56. The third kappa shape index (κ3) is 7.05. The second-order valence-corrected chi connectivity index (χ2v) is 6.76. The molecule has 2 amide bonds. The maximum atomic E-state index is 14.0. The summed E-state index contributed by atoms with van der Waals surface area (Å²) in [5.74, 6) is -8.65. The lowest BCUT2D eigenvalue weighted by Gasteiger charge is -2.27. The minimum atomic E-state index is -1.72. The van der Waals surface area contributed by atoms with E-state index < -0.39 is 59.5 Å².